The second-order valence-corrected chi connectivity index (χ2v) is 4.96. The molecule has 0 amide bonds. The number of aromatic nitrogens is 2. The summed E-state index contributed by atoms with van der Waals surface area (Å²) in [5, 5.41) is 4.37. The SMILES string of the molecule is Cc1cc(CN(C)C(CN)C2CC2)n(C)n1. The predicted octanol–water partition coefficient (Wildman–Crippen LogP) is 0.898. The van der Waals surface area contributed by atoms with Crippen LogP contribution >= 0.6 is 0 Å². The second-order valence-electron chi connectivity index (χ2n) is 4.96. The third-order valence-corrected chi connectivity index (χ3v) is 3.48. The van der Waals surface area contributed by atoms with E-state index in [0.29, 0.717) is 6.04 Å². The predicted molar refractivity (Wildman–Crippen MR) is 65.0 cm³/mol. The Bertz CT molecular complexity index is 354. The number of hydrogen-bond donors (Lipinski definition) is 1. The van der Waals surface area contributed by atoms with Crippen LogP contribution in [0.1, 0.15) is 24.2 Å². The van der Waals surface area contributed by atoms with Gasteiger partial charge in [0.25, 0.3) is 0 Å². The van der Waals surface area contributed by atoms with Crippen molar-refractivity contribution in [2.24, 2.45) is 18.7 Å². The molecule has 0 spiro atoms. The molecule has 1 aliphatic rings. The summed E-state index contributed by atoms with van der Waals surface area (Å²) in [5.41, 5.74) is 8.20. The van der Waals surface area contributed by atoms with Crippen molar-refractivity contribution in [2.45, 2.75) is 32.4 Å². The third-order valence-electron chi connectivity index (χ3n) is 3.48. The second kappa shape index (κ2) is 4.55. The van der Waals surface area contributed by atoms with Crippen LogP contribution < -0.4 is 5.73 Å². The van der Waals surface area contributed by atoms with E-state index in [9.17, 15) is 0 Å². The zero-order valence-electron chi connectivity index (χ0n) is 10.5. The van der Waals surface area contributed by atoms with Crippen molar-refractivity contribution in [1.29, 1.82) is 0 Å². The average Bonchev–Trinajstić information content (AvgIpc) is 2.97. The van der Waals surface area contributed by atoms with Crippen LogP contribution in [0.3, 0.4) is 0 Å². The molecule has 0 aromatic carbocycles. The zero-order valence-corrected chi connectivity index (χ0v) is 10.5. The van der Waals surface area contributed by atoms with Gasteiger partial charge in [-0.2, -0.15) is 5.10 Å². The van der Waals surface area contributed by atoms with Crippen molar-refractivity contribution in [1.82, 2.24) is 14.7 Å². The molecule has 1 saturated carbocycles. The highest BCUT2D eigenvalue weighted by Gasteiger charge is 2.32. The van der Waals surface area contributed by atoms with Gasteiger partial charge in [0.15, 0.2) is 0 Å². The summed E-state index contributed by atoms with van der Waals surface area (Å²) in [7, 11) is 4.17. The van der Waals surface area contributed by atoms with Crippen molar-refractivity contribution in [2.75, 3.05) is 13.6 Å². The number of nitrogens with two attached hydrogens (primary N) is 1. The van der Waals surface area contributed by atoms with Crippen molar-refractivity contribution in [3.05, 3.63) is 17.5 Å². The van der Waals surface area contributed by atoms with Gasteiger partial charge in [-0.05, 0) is 38.8 Å². The number of aryl methyl sites for hydroxylation is 2. The highest BCUT2D eigenvalue weighted by Crippen LogP contribution is 2.34. The molecule has 0 radical (unpaired) electrons. The van der Waals surface area contributed by atoms with Crippen LogP contribution in [0.4, 0.5) is 0 Å². The van der Waals surface area contributed by atoms with Crippen LogP contribution in [-0.2, 0) is 13.6 Å². The lowest BCUT2D eigenvalue weighted by Gasteiger charge is -2.26. The Morgan fingerprint density at radius 3 is 2.75 bits per heavy atom. The van der Waals surface area contributed by atoms with E-state index in [4.69, 9.17) is 5.73 Å². The van der Waals surface area contributed by atoms with E-state index in [1.165, 1.54) is 18.5 Å². The van der Waals surface area contributed by atoms with Crippen molar-refractivity contribution in [3.63, 3.8) is 0 Å². The maximum Gasteiger partial charge on any atom is 0.0597 e. The van der Waals surface area contributed by atoms with E-state index < -0.39 is 0 Å². The minimum atomic E-state index is 0.537. The molecule has 1 fully saturated rings. The average molecular weight is 222 g/mol. The largest absolute Gasteiger partial charge is 0.329 e. The van der Waals surface area contributed by atoms with Crippen molar-refractivity contribution in [3.8, 4) is 0 Å². The maximum atomic E-state index is 5.85. The van der Waals surface area contributed by atoms with Crippen molar-refractivity contribution >= 4 is 0 Å². The first-order valence-corrected chi connectivity index (χ1v) is 6.01. The monoisotopic (exact) mass is 222 g/mol. The number of rotatable bonds is 5. The van der Waals surface area contributed by atoms with Crippen LogP contribution in [0.2, 0.25) is 0 Å². The Morgan fingerprint density at radius 1 is 1.62 bits per heavy atom. The smallest absolute Gasteiger partial charge is 0.0597 e. The van der Waals surface area contributed by atoms with Crippen LogP contribution in [0.25, 0.3) is 0 Å². The van der Waals surface area contributed by atoms with Gasteiger partial charge in [-0.15, -0.1) is 0 Å². The fourth-order valence-electron chi connectivity index (χ4n) is 2.40. The molecule has 16 heavy (non-hydrogen) atoms. The summed E-state index contributed by atoms with van der Waals surface area (Å²) in [4.78, 5) is 2.37. The van der Waals surface area contributed by atoms with Gasteiger partial charge in [0, 0.05) is 26.2 Å². The molecule has 4 nitrogen and oxygen atoms in total. The maximum absolute atomic E-state index is 5.85. The summed E-state index contributed by atoms with van der Waals surface area (Å²) < 4.78 is 1.96. The van der Waals surface area contributed by atoms with Gasteiger partial charge in [-0.1, -0.05) is 0 Å². The Kier molecular flexibility index (Phi) is 3.30. The van der Waals surface area contributed by atoms with Gasteiger partial charge in [0.1, 0.15) is 0 Å². The fourth-order valence-corrected chi connectivity index (χ4v) is 2.40. The normalized spacial score (nSPS) is 18.1. The van der Waals surface area contributed by atoms with E-state index in [-0.39, 0.29) is 0 Å². The lowest BCUT2D eigenvalue weighted by molar-refractivity contribution is 0.210. The van der Waals surface area contributed by atoms with Crippen molar-refractivity contribution < 1.29 is 0 Å². The first kappa shape index (κ1) is 11.6. The Morgan fingerprint density at radius 2 is 2.31 bits per heavy atom. The van der Waals surface area contributed by atoms with Gasteiger partial charge >= 0.3 is 0 Å². The molecule has 1 unspecified atom stereocenters. The molecule has 1 aliphatic carbocycles. The summed E-state index contributed by atoms with van der Waals surface area (Å²) >= 11 is 0. The van der Waals surface area contributed by atoms with Crippen LogP contribution in [-0.4, -0.2) is 34.3 Å². The molecule has 1 aromatic heterocycles. The Labute approximate surface area is 97.4 Å². The van der Waals surface area contributed by atoms with Gasteiger partial charge in [-0.3, -0.25) is 9.58 Å². The van der Waals surface area contributed by atoms with Crippen LogP contribution in [0.15, 0.2) is 6.07 Å². The molecule has 2 rings (SSSR count). The van der Waals surface area contributed by atoms with Gasteiger partial charge < -0.3 is 5.73 Å². The molecule has 90 valence electrons. The molecule has 1 atom stereocenters. The highest BCUT2D eigenvalue weighted by molar-refractivity contribution is 5.08. The quantitative estimate of drug-likeness (QED) is 0.805. The minimum absolute atomic E-state index is 0.537. The topological polar surface area (TPSA) is 47.1 Å². The van der Waals surface area contributed by atoms with E-state index in [1.807, 2.05) is 18.7 Å². The molecule has 4 heteroatoms. The highest BCUT2D eigenvalue weighted by atomic mass is 15.3. The molecule has 2 N–H and O–H groups in total. The fraction of sp³-hybridized carbons (Fsp3) is 0.750. The first-order chi connectivity index (χ1) is 7.61. The summed E-state index contributed by atoms with van der Waals surface area (Å²) in [6, 6.07) is 2.69. The molecule has 0 saturated heterocycles. The summed E-state index contributed by atoms with van der Waals surface area (Å²) in [6.45, 7) is 3.73. The molecule has 0 bridgehead atoms. The Balaban J connectivity index is 2.00. The minimum Gasteiger partial charge on any atom is -0.329 e. The van der Waals surface area contributed by atoms with E-state index >= 15 is 0 Å². The molecule has 1 heterocycles. The number of hydrogen-bond acceptors (Lipinski definition) is 3. The lowest BCUT2D eigenvalue weighted by Crippen LogP contribution is -2.39. The summed E-state index contributed by atoms with van der Waals surface area (Å²) in [5.74, 6) is 0.823. The van der Waals surface area contributed by atoms with E-state index in [1.54, 1.807) is 0 Å². The van der Waals surface area contributed by atoms with E-state index in [2.05, 4.69) is 23.1 Å². The number of nitrogens with zero attached hydrogens (tertiary/aromatic N) is 3. The Hall–Kier alpha value is -0.870. The third kappa shape index (κ3) is 2.44. The molecule has 1 aromatic rings. The van der Waals surface area contributed by atoms with Gasteiger partial charge in [0.05, 0.1) is 11.4 Å². The van der Waals surface area contributed by atoms with Crippen LogP contribution in [0, 0.1) is 12.8 Å². The number of likely N-dealkylation sites (N-methyl/N-ethyl adjacent to an activating group) is 1. The molecular weight excluding hydrogens is 200 g/mol. The standard InChI is InChI=1S/C12H22N4/c1-9-6-11(16(3)14-9)8-15(2)12(7-13)10-4-5-10/h6,10,12H,4-5,7-8,13H2,1-3H3. The summed E-state index contributed by atoms with van der Waals surface area (Å²) in [6.07, 6.45) is 2.69. The molecule has 0 aliphatic heterocycles. The van der Waals surface area contributed by atoms with Crippen LogP contribution in [0.5, 0.6) is 0 Å². The zero-order chi connectivity index (χ0) is 11.7. The molecular formula is C12H22N4. The van der Waals surface area contributed by atoms with Gasteiger partial charge in [0.2, 0.25) is 0 Å². The van der Waals surface area contributed by atoms with E-state index in [0.717, 1.165) is 24.7 Å². The first-order valence-electron chi connectivity index (χ1n) is 6.01. The van der Waals surface area contributed by atoms with Gasteiger partial charge in [-0.25, -0.2) is 0 Å². The lowest BCUT2D eigenvalue weighted by atomic mass is 10.1.